The van der Waals surface area contributed by atoms with E-state index >= 15 is 0 Å². The van der Waals surface area contributed by atoms with Gasteiger partial charge >= 0.3 is 0 Å². The highest BCUT2D eigenvalue weighted by molar-refractivity contribution is 7.18. The fourth-order valence-electron chi connectivity index (χ4n) is 2.47. The van der Waals surface area contributed by atoms with E-state index < -0.39 is 0 Å². The van der Waals surface area contributed by atoms with Gasteiger partial charge in [-0.05, 0) is 39.2 Å². The highest BCUT2D eigenvalue weighted by Crippen LogP contribution is 2.31. The van der Waals surface area contributed by atoms with Gasteiger partial charge < -0.3 is 14.8 Å². The number of rotatable bonds is 5. The summed E-state index contributed by atoms with van der Waals surface area (Å²) in [4.78, 5) is 11.2. The molecule has 2 aromatic rings. The van der Waals surface area contributed by atoms with E-state index in [2.05, 4.69) is 28.3 Å². The zero-order valence-electron chi connectivity index (χ0n) is 12.5. The van der Waals surface area contributed by atoms with Crippen molar-refractivity contribution in [1.82, 2.24) is 9.97 Å². The maximum absolute atomic E-state index is 5.95. The summed E-state index contributed by atoms with van der Waals surface area (Å²) >= 11 is 1.67. The number of fused-ring (bicyclic) bond motifs is 1. The normalized spacial score (nSPS) is 18.9. The van der Waals surface area contributed by atoms with Gasteiger partial charge in [0.1, 0.15) is 11.4 Å². The molecule has 0 saturated carbocycles. The van der Waals surface area contributed by atoms with E-state index in [1.807, 2.05) is 6.92 Å². The summed E-state index contributed by atoms with van der Waals surface area (Å²) in [6, 6.07) is 2.09. The number of ether oxygens (including phenoxy) is 2. The van der Waals surface area contributed by atoms with Crippen LogP contribution in [-0.4, -0.2) is 35.8 Å². The minimum absolute atomic E-state index is 0.186. The molecule has 1 fully saturated rings. The number of hydrogen-bond donors (Lipinski definition) is 1. The molecule has 21 heavy (non-hydrogen) atoms. The van der Waals surface area contributed by atoms with Gasteiger partial charge in [0, 0.05) is 18.0 Å². The van der Waals surface area contributed by atoms with Crippen molar-refractivity contribution in [2.45, 2.75) is 39.2 Å². The first kappa shape index (κ1) is 14.5. The van der Waals surface area contributed by atoms with Gasteiger partial charge in [0.15, 0.2) is 0 Å². The van der Waals surface area contributed by atoms with Crippen molar-refractivity contribution < 1.29 is 9.47 Å². The minimum Gasteiger partial charge on any atom is -0.474 e. The standard InChI is InChI=1S/C15H21N3O2S/c1-3-16-15-17-13(12-8-10(2)21-14(12)18-15)20-9-11-6-4-5-7-19-11/h8,11H,3-7,9H2,1-2H3,(H,16,17,18). The predicted octanol–water partition coefficient (Wildman–Crippen LogP) is 3.38. The maximum atomic E-state index is 5.95. The Hall–Kier alpha value is -1.40. The Morgan fingerprint density at radius 3 is 3.10 bits per heavy atom. The Morgan fingerprint density at radius 2 is 2.33 bits per heavy atom. The van der Waals surface area contributed by atoms with Crippen LogP contribution in [0.15, 0.2) is 6.07 Å². The van der Waals surface area contributed by atoms with Crippen molar-refractivity contribution in [2.75, 3.05) is 25.1 Å². The molecule has 6 heteroatoms. The molecule has 5 nitrogen and oxygen atoms in total. The second-order valence-corrected chi connectivity index (χ2v) is 6.49. The molecule has 3 rings (SSSR count). The van der Waals surface area contributed by atoms with Gasteiger partial charge in [-0.2, -0.15) is 4.98 Å². The zero-order valence-corrected chi connectivity index (χ0v) is 13.3. The third-order valence-electron chi connectivity index (χ3n) is 3.50. The molecule has 0 aliphatic carbocycles. The molecule has 0 radical (unpaired) electrons. The van der Waals surface area contributed by atoms with Crippen molar-refractivity contribution >= 4 is 27.5 Å². The zero-order chi connectivity index (χ0) is 14.7. The van der Waals surface area contributed by atoms with Gasteiger partial charge in [-0.15, -0.1) is 11.3 Å². The van der Waals surface area contributed by atoms with E-state index in [9.17, 15) is 0 Å². The van der Waals surface area contributed by atoms with Crippen LogP contribution in [0.3, 0.4) is 0 Å². The molecule has 1 aliphatic heterocycles. The lowest BCUT2D eigenvalue weighted by Gasteiger charge is -2.22. The minimum atomic E-state index is 0.186. The van der Waals surface area contributed by atoms with Crippen molar-refractivity contribution in [3.8, 4) is 5.88 Å². The SMILES string of the molecule is CCNc1nc(OCC2CCCCO2)c2cc(C)sc2n1. The van der Waals surface area contributed by atoms with Gasteiger partial charge in [-0.3, -0.25) is 0 Å². The monoisotopic (exact) mass is 307 g/mol. The lowest BCUT2D eigenvalue weighted by atomic mass is 10.1. The predicted molar refractivity (Wildman–Crippen MR) is 85.4 cm³/mol. The second kappa shape index (κ2) is 6.58. The van der Waals surface area contributed by atoms with E-state index in [-0.39, 0.29) is 6.10 Å². The van der Waals surface area contributed by atoms with Gasteiger partial charge in [-0.25, -0.2) is 4.98 Å². The van der Waals surface area contributed by atoms with E-state index in [1.54, 1.807) is 11.3 Å². The van der Waals surface area contributed by atoms with Crippen LogP contribution in [0.5, 0.6) is 5.88 Å². The third kappa shape index (κ3) is 3.44. The molecule has 1 N–H and O–H groups in total. The van der Waals surface area contributed by atoms with Crippen molar-refractivity contribution in [3.63, 3.8) is 0 Å². The molecular formula is C15H21N3O2S. The Bertz CT molecular complexity index is 608. The van der Waals surface area contributed by atoms with Crippen LogP contribution in [0.4, 0.5) is 5.95 Å². The lowest BCUT2D eigenvalue weighted by molar-refractivity contribution is -0.0116. The number of aryl methyl sites for hydroxylation is 1. The Morgan fingerprint density at radius 1 is 1.43 bits per heavy atom. The second-order valence-electron chi connectivity index (χ2n) is 5.26. The van der Waals surface area contributed by atoms with Crippen LogP contribution in [0.1, 0.15) is 31.1 Å². The molecule has 0 amide bonds. The summed E-state index contributed by atoms with van der Waals surface area (Å²) in [5.74, 6) is 1.29. The first-order valence-electron chi connectivity index (χ1n) is 7.52. The van der Waals surface area contributed by atoms with E-state index in [0.717, 1.165) is 36.2 Å². The smallest absolute Gasteiger partial charge is 0.227 e. The average Bonchev–Trinajstić information content (AvgIpc) is 2.86. The van der Waals surface area contributed by atoms with Gasteiger partial charge in [0.05, 0.1) is 11.5 Å². The van der Waals surface area contributed by atoms with Crippen LogP contribution in [0.2, 0.25) is 0 Å². The number of nitrogens with zero attached hydrogens (tertiary/aromatic N) is 2. The molecule has 0 spiro atoms. The van der Waals surface area contributed by atoms with Crippen molar-refractivity contribution in [1.29, 1.82) is 0 Å². The molecule has 114 valence electrons. The molecule has 1 atom stereocenters. The number of hydrogen-bond acceptors (Lipinski definition) is 6. The lowest BCUT2D eigenvalue weighted by Crippen LogP contribution is -2.26. The van der Waals surface area contributed by atoms with E-state index in [1.165, 1.54) is 11.3 Å². The number of anilines is 1. The topological polar surface area (TPSA) is 56.3 Å². The van der Waals surface area contributed by atoms with Crippen molar-refractivity contribution in [2.24, 2.45) is 0 Å². The fourth-order valence-corrected chi connectivity index (χ4v) is 3.34. The Kier molecular flexibility index (Phi) is 4.55. The molecule has 0 bridgehead atoms. The Balaban J connectivity index is 1.81. The number of nitrogens with one attached hydrogen (secondary N) is 1. The molecule has 1 unspecified atom stereocenters. The Labute approximate surface area is 128 Å². The average molecular weight is 307 g/mol. The maximum Gasteiger partial charge on any atom is 0.227 e. The van der Waals surface area contributed by atoms with Gasteiger partial charge in [0.25, 0.3) is 0 Å². The first-order valence-corrected chi connectivity index (χ1v) is 8.34. The van der Waals surface area contributed by atoms with Crippen LogP contribution >= 0.6 is 11.3 Å². The number of thiophene rings is 1. The summed E-state index contributed by atoms with van der Waals surface area (Å²) in [7, 11) is 0. The van der Waals surface area contributed by atoms with Crippen LogP contribution < -0.4 is 10.1 Å². The molecule has 3 heterocycles. The molecule has 1 saturated heterocycles. The highest BCUT2D eigenvalue weighted by Gasteiger charge is 2.17. The largest absolute Gasteiger partial charge is 0.474 e. The van der Waals surface area contributed by atoms with Crippen molar-refractivity contribution in [3.05, 3.63) is 10.9 Å². The van der Waals surface area contributed by atoms with Crippen LogP contribution in [0.25, 0.3) is 10.2 Å². The third-order valence-corrected chi connectivity index (χ3v) is 4.44. The summed E-state index contributed by atoms with van der Waals surface area (Å²) in [5, 5.41) is 4.16. The quantitative estimate of drug-likeness (QED) is 0.917. The fraction of sp³-hybridized carbons (Fsp3) is 0.600. The molecular weight excluding hydrogens is 286 g/mol. The number of aromatic nitrogens is 2. The van der Waals surface area contributed by atoms with Gasteiger partial charge in [-0.1, -0.05) is 0 Å². The van der Waals surface area contributed by atoms with E-state index in [4.69, 9.17) is 9.47 Å². The van der Waals surface area contributed by atoms with Crippen LogP contribution in [-0.2, 0) is 4.74 Å². The molecule has 1 aliphatic rings. The first-order chi connectivity index (χ1) is 10.3. The van der Waals surface area contributed by atoms with Crippen LogP contribution in [0, 0.1) is 6.92 Å². The molecule has 0 aromatic carbocycles. The highest BCUT2D eigenvalue weighted by atomic mass is 32.1. The summed E-state index contributed by atoms with van der Waals surface area (Å²) < 4.78 is 11.7. The molecule has 2 aromatic heterocycles. The summed E-state index contributed by atoms with van der Waals surface area (Å²) in [6.07, 6.45) is 3.62. The summed E-state index contributed by atoms with van der Waals surface area (Å²) in [5.41, 5.74) is 0. The van der Waals surface area contributed by atoms with E-state index in [0.29, 0.717) is 18.4 Å². The van der Waals surface area contributed by atoms with Gasteiger partial charge in [0.2, 0.25) is 11.8 Å². The summed E-state index contributed by atoms with van der Waals surface area (Å²) in [6.45, 7) is 6.30.